The molecule has 0 saturated carbocycles. The third-order valence-electron chi connectivity index (χ3n) is 2.56. The Morgan fingerprint density at radius 2 is 2.06 bits per heavy atom. The van der Waals surface area contributed by atoms with Gasteiger partial charge in [0, 0.05) is 33.3 Å². The van der Waals surface area contributed by atoms with E-state index in [9.17, 15) is 4.79 Å². The first-order valence-electron chi connectivity index (χ1n) is 5.78. The molecule has 16 heavy (non-hydrogen) atoms. The van der Waals surface area contributed by atoms with Gasteiger partial charge in [0.1, 0.15) is 6.20 Å². The van der Waals surface area contributed by atoms with Gasteiger partial charge in [0.05, 0.1) is 6.33 Å². The first-order chi connectivity index (χ1) is 7.70. The summed E-state index contributed by atoms with van der Waals surface area (Å²) in [5.41, 5.74) is 0. The van der Waals surface area contributed by atoms with Gasteiger partial charge in [-0.15, -0.1) is 0 Å². The van der Waals surface area contributed by atoms with Crippen molar-refractivity contribution in [2.75, 3.05) is 14.1 Å². The first kappa shape index (κ1) is 12.7. The van der Waals surface area contributed by atoms with E-state index < -0.39 is 0 Å². The minimum atomic E-state index is 0.226. The molecule has 0 unspecified atom stereocenters. The summed E-state index contributed by atoms with van der Waals surface area (Å²) in [4.78, 5) is 16.8. The molecular weight excluding hydrogens is 202 g/mol. The SMILES string of the molecule is CN(C)C(=O)CCCCCCn1c[c]nc1. The van der Waals surface area contributed by atoms with Crippen molar-refractivity contribution in [3.05, 3.63) is 18.7 Å². The molecule has 0 aromatic carbocycles. The van der Waals surface area contributed by atoms with Crippen LogP contribution in [0.2, 0.25) is 0 Å². The third-order valence-corrected chi connectivity index (χ3v) is 2.56. The summed E-state index contributed by atoms with van der Waals surface area (Å²) in [7, 11) is 3.61. The molecule has 4 nitrogen and oxygen atoms in total. The highest BCUT2D eigenvalue weighted by Gasteiger charge is 2.02. The Hall–Kier alpha value is -1.32. The van der Waals surface area contributed by atoms with Gasteiger partial charge in [0.25, 0.3) is 0 Å². The zero-order valence-corrected chi connectivity index (χ0v) is 10.1. The van der Waals surface area contributed by atoms with Gasteiger partial charge in [-0.1, -0.05) is 12.8 Å². The van der Waals surface area contributed by atoms with Gasteiger partial charge in [0.2, 0.25) is 5.91 Å². The molecule has 1 amide bonds. The van der Waals surface area contributed by atoms with Gasteiger partial charge in [-0.25, -0.2) is 4.98 Å². The van der Waals surface area contributed by atoms with Crippen LogP contribution in [-0.4, -0.2) is 34.5 Å². The molecule has 1 heterocycles. The average Bonchev–Trinajstić information content (AvgIpc) is 2.75. The lowest BCUT2D eigenvalue weighted by Crippen LogP contribution is -2.20. The topological polar surface area (TPSA) is 38.1 Å². The van der Waals surface area contributed by atoms with E-state index in [1.165, 1.54) is 6.42 Å². The van der Waals surface area contributed by atoms with E-state index in [1.54, 1.807) is 25.3 Å². The van der Waals surface area contributed by atoms with Gasteiger partial charge in [-0.05, 0) is 12.8 Å². The maximum absolute atomic E-state index is 11.3. The number of rotatable bonds is 7. The van der Waals surface area contributed by atoms with Crippen molar-refractivity contribution in [1.82, 2.24) is 14.5 Å². The van der Waals surface area contributed by atoms with E-state index in [0.29, 0.717) is 6.42 Å². The van der Waals surface area contributed by atoms with Crippen molar-refractivity contribution in [2.24, 2.45) is 0 Å². The number of aromatic nitrogens is 2. The summed E-state index contributed by atoms with van der Waals surface area (Å²) in [6, 6.07) is 0. The number of hydrogen-bond donors (Lipinski definition) is 0. The van der Waals surface area contributed by atoms with Crippen LogP contribution in [0.3, 0.4) is 0 Å². The van der Waals surface area contributed by atoms with Gasteiger partial charge in [-0.2, -0.15) is 0 Å². The number of imidazole rings is 1. The molecule has 0 aliphatic rings. The monoisotopic (exact) mass is 222 g/mol. The molecule has 0 spiro atoms. The van der Waals surface area contributed by atoms with Crippen LogP contribution in [0.15, 0.2) is 12.5 Å². The summed E-state index contributed by atoms with van der Waals surface area (Å²) < 4.78 is 2.03. The van der Waals surface area contributed by atoms with Crippen molar-refractivity contribution in [3.8, 4) is 0 Å². The maximum atomic E-state index is 11.3. The van der Waals surface area contributed by atoms with E-state index in [2.05, 4.69) is 11.2 Å². The second kappa shape index (κ2) is 7.04. The lowest BCUT2D eigenvalue weighted by Gasteiger charge is -2.09. The molecular formula is C12H20N3O. The predicted octanol–water partition coefficient (Wildman–Crippen LogP) is 1.72. The normalized spacial score (nSPS) is 10.4. The standard InChI is InChI=1S/C12H20N3O/c1-14(2)12(16)7-5-3-4-6-9-15-10-8-13-11-15/h10-11H,3-7,9H2,1-2H3. The Morgan fingerprint density at radius 3 is 2.69 bits per heavy atom. The van der Waals surface area contributed by atoms with E-state index in [1.807, 2.05) is 10.8 Å². The lowest BCUT2D eigenvalue weighted by molar-refractivity contribution is -0.128. The number of carbonyl (C=O) groups excluding carboxylic acids is 1. The van der Waals surface area contributed by atoms with Crippen LogP contribution in [0.25, 0.3) is 0 Å². The Morgan fingerprint density at radius 1 is 1.31 bits per heavy atom. The van der Waals surface area contributed by atoms with Crippen LogP contribution >= 0.6 is 0 Å². The van der Waals surface area contributed by atoms with Crippen molar-refractivity contribution in [2.45, 2.75) is 38.6 Å². The fraction of sp³-hybridized carbons (Fsp3) is 0.667. The van der Waals surface area contributed by atoms with E-state index in [4.69, 9.17) is 0 Å². The Kier molecular flexibility index (Phi) is 5.61. The summed E-state index contributed by atoms with van der Waals surface area (Å²) in [5, 5.41) is 0. The number of carbonyl (C=O) groups is 1. The molecule has 0 N–H and O–H groups in total. The van der Waals surface area contributed by atoms with Gasteiger partial charge >= 0.3 is 0 Å². The number of aryl methyl sites for hydroxylation is 1. The fourth-order valence-electron chi connectivity index (χ4n) is 1.52. The Balaban J connectivity index is 1.94. The Labute approximate surface area is 97.3 Å². The molecule has 1 radical (unpaired) electrons. The minimum absolute atomic E-state index is 0.226. The van der Waals surface area contributed by atoms with Gasteiger partial charge in [0.15, 0.2) is 0 Å². The molecule has 1 aromatic rings. The molecule has 0 aliphatic heterocycles. The fourth-order valence-corrected chi connectivity index (χ4v) is 1.52. The molecule has 0 aliphatic carbocycles. The molecule has 0 bridgehead atoms. The van der Waals surface area contributed by atoms with Crippen molar-refractivity contribution >= 4 is 5.91 Å². The quantitative estimate of drug-likeness (QED) is 0.659. The molecule has 89 valence electrons. The second-order valence-electron chi connectivity index (χ2n) is 4.19. The van der Waals surface area contributed by atoms with Crippen LogP contribution in [0, 0.1) is 6.20 Å². The first-order valence-corrected chi connectivity index (χ1v) is 5.78. The number of nitrogens with zero attached hydrogens (tertiary/aromatic N) is 3. The highest BCUT2D eigenvalue weighted by atomic mass is 16.2. The van der Waals surface area contributed by atoms with E-state index >= 15 is 0 Å². The second-order valence-corrected chi connectivity index (χ2v) is 4.19. The number of hydrogen-bond acceptors (Lipinski definition) is 2. The van der Waals surface area contributed by atoms with Crippen LogP contribution in [-0.2, 0) is 11.3 Å². The van der Waals surface area contributed by atoms with E-state index in [0.717, 1.165) is 25.8 Å². The molecule has 4 heteroatoms. The minimum Gasteiger partial charge on any atom is -0.349 e. The van der Waals surface area contributed by atoms with Gasteiger partial charge in [-0.3, -0.25) is 4.79 Å². The molecule has 0 atom stereocenters. The molecule has 1 rings (SSSR count). The average molecular weight is 222 g/mol. The summed E-state index contributed by atoms with van der Waals surface area (Å²) in [6.07, 6.45) is 11.5. The number of unbranched alkanes of at least 4 members (excludes halogenated alkanes) is 3. The highest BCUT2D eigenvalue weighted by Crippen LogP contribution is 2.05. The predicted molar refractivity (Wildman–Crippen MR) is 62.8 cm³/mol. The summed E-state index contributed by atoms with van der Waals surface area (Å²) in [6.45, 7) is 0.998. The maximum Gasteiger partial charge on any atom is 0.222 e. The van der Waals surface area contributed by atoms with E-state index in [-0.39, 0.29) is 5.91 Å². The van der Waals surface area contributed by atoms with Crippen molar-refractivity contribution < 1.29 is 4.79 Å². The van der Waals surface area contributed by atoms with Crippen LogP contribution < -0.4 is 0 Å². The van der Waals surface area contributed by atoms with Crippen molar-refractivity contribution in [3.63, 3.8) is 0 Å². The highest BCUT2D eigenvalue weighted by molar-refractivity contribution is 5.75. The van der Waals surface area contributed by atoms with Crippen LogP contribution in [0.4, 0.5) is 0 Å². The number of amides is 1. The Bertz CT molecular complexity index is 293. The molecule has 0 saturated heterocycles. The van der Waals surface area contributed by atoms with Gasteiger partial charge < -0.3 is 9.47 Å². The smallest absolute Gasteiger partial charge is 0.222 e. The largest absolute Gasteiger partial charge is 0.349 e. The van der Waals surface area contributed by atoms with Crippen molar-refractivity contribution in [1.29, 1.82) is 0 Å². The van der Waals surface area contributed by atoms with Crippen LogP contribution in [0.1, 0.15) is 32.1 Å². The zero-order chi connectivity index (χ0) is 11.8. The molecule has 1 aromatic heterocycles. The lowest BCUT2D eigenvalue weighted by atomic mass is 10.1. The zero-order valence-electron chi connectivity index (χ0n) is 10.1. The summed E-state index contributed by atoms with van der Waals surface area (Å²) in [5.74, 6) is 0.226. The summed E-state index contributed by atoms with van der Waals surface area (Å²) >= 11 is 0. The van der Waals surface area contributed by atoms with Crippen LogP contribution in [0.5, 0.6) is 0 Å². The molecule has 0 fully saturated rings. The third kappa shape index (κ3) is 4.96.